The summed E-state index contributed by atoms with van der Waals surface area (Å²) in [5.74, 6) is -0.886. The highest BCUT2D eigenvalue weighted by Crippen LogP contribution is 2.36. The lowest BCUT2D eigenvalue weighted by molar-refractivity contribution is -0.136. The maximum Gasteiger partial charge on any atom is 0.417 e. The van der Waals surface area contributed by atoms with Gasteiger partial charge < -0.3 is 5.32 Å². The van der Waals surface area contributed by atoms with Crippen LogP contribution < -0.4 is 5.32 Å². The van der Waals surface area contributed by atoms with Crippen molar-refractivity contribution in [3.8, 4) is 0 Å². The highest BCUT2D eigenvalue weighted by atomic mass is 19.4. The van der Waals surface area contributed by atoms with Crippen molar-refractivity contribution < 1.29 is 18.0 Å². The standard InChI is InChI=1S/C15H11F3N4O/c1-22-8-9(6-20-22)21-14(23)11-7-19-12-5-3-2-4-10(12)13(11)15(16,17)18/h2-8H,1H3,(H,21,23). The van der Waals surface area contributed by atoms with Crippen LogP contribution in [0.5, 0.6) is 0 Å². The number of carbonyl (C=O) groups excluding carboxylic acids is 1. The second kappa shape index (κ2) is 5.38. The Hall–Kier alpha value is -2.90. The van der Waals surface area contributed by atoms with Gasteiger partial charge in [-0.15, -0.1) is 0 Å². The molecule has 0 saturated heterocycles. The Morgan fingerprint density at radius 2 is 1.96 bits per heavy atom. The number of aryl methyl sites for hydroxylation is 1. The molecule has 5 nitrogen and oxygen atoms in total. The molecular formula is C15H11F3N4O. The minimum atomic E-state index is -4.68. The van der Waals surface area contributed by atoms with Crippen molar-refractivity contribution in [3.63, 3.8) is 0 Å². The minimum Gasteiger partial charge on any atom is -0.319 e. The summed E-state index contributed by atoms with van der Waals surface area (Å²) in [4.78, 5) is 16.2. The summed E-state index contributed by atoms with van der Waals surface area (Å²) >= 11 is 0. The Kier molecular flexibility index (Phi) is 3.51. The van der Waals surface area contributed by atoms with Crippen molar-refractivity contribution >= 4 is 22.5 Å². The number of fused-ring (bicyclic) bond motifs is 1. The molecule has 0 spiro atoms. The quantitative estimate of drug-likeness (QED) is 0.788. The lowest BCUT2D eigenvalue weighted by Gasteiger charge is -2.14. The third-order valence-electron chi connectivity index (χ3n) is 3.27. The van der Waals surface area contributed by atoms with Crippen LogP contribution in [0.15, 0.2) is 42.9 Å². The normalized spacial score (nSPS) is 11.7. The molecule has 23 heavy (non-hydrogen) atoms. The molecule has 0 radical (unpaired) electrons. The molecule has 0 unspecified atom stereocenters. The molecule has 118 valence electrons. The Bertz CT molecular complexity index is 886. The fourth-order valence-electron chi connectivity index (χ4n) is 2.30. The third-order valence-corrected chi connectivity index (χ3v) is 3.27. The first-order chi connectivity index (χ1) is 10.9. The van der Waals surface area contributed by atoms with Gasteiger partial charge in [0.25, 0.3) is 5.91 Å². The summed E-state index contributed by atoms with van der Waals surface area (Å²) < 4.78 is 41.8. The number of para-hydroxylation sites is 1. The molecule has 1 aromatic carbocycles. The third kappa shape index (κ3) is 2.87. The van der Waals surface area contributed by atoms with E-state index >= 15 is 0 Å². The fourth-order valence-corrected chi connectivity index (χ4v) is 2.30. The number of hydrogen-bond acceptors (Lipinski definition) is 3. The predicted octanol–water partition coefficient (Wildman–Crippen LogP) is 3.24. The molecule has 2 aromatic heterocycles. The van der Waals surface area contributed by atoms with Gasteiger partial charge in [-0.05, 0) is 6.07 Å². The van der Waals surface area contributed by atoms with Crippen LogP contribution in [0.1, 0.15) is 15.9 Å². The molecule has 0 aliphatic carbocycles. The van der Waals surface area contributed by atoms with Gasteiger partial charge in [-0.25, -0.2) is 0 Å². The average molecular weight is 320 g/mol. The molecular weight excluding hydrogens is 309 g/mol. The van der Waals surface area contributed by atoms with Crippen LogP contribution in [-0.2, 0) is 13.2 Å². The number of nitrogens with one attached hydrogen (secondary N) is 1. The molecule has 0 fully saturated rings. The summed E-state index contributed by atoms with van der Waals surface area (Å²) in [7, 11) is 1.63. The van der Waals surface area contributed by atoms with Crippen molar-refractivity contribution in [1.82, 2.24) is 14.8 Å². The smallest absolute Gasteiger partial charge is 0.319 e. The molecule has 0 bridgehead atoms. The molecule has 0 atom stereocenters. The largest absolute Gasteiger partial charge is 0.417 e. The van der Waals surface area contributed by atoms with Gasteiger partial charge in [0, 0.05) is 24.8 Å². The molecule has 0 saturated carbocycles. The number of anilines is 1. The van der Waals surface area contributed by atoms with Crippen LogP contribution in [0.2, 0.25) is 0 Å². The number of alkyl halides is 3. The van der Waals surface area contributed by atoms with Crippen LogP contribution >= 0.6 is 0 Å². The van der Waals surface area contributed by atoms with Crippen LogP contribution in [-0.4, -0.2) is 20.7 Å². The Labute approximate surface area is 128 Å². The van der Waals surface area contributed by atoms with Crippen molar-refractivity contribution in [2.75, 3.05) is 5.32 Å². The summed E-state index contributed by atoms with van der Waals surface area (Å²) in [5, 5.41) is 6.13. The lowest BCUT2D eigenvalue weighted by Crippen LogP contribution is -2.19. The molecule has 8 heteroatoms. The SMILES string of the molecule is Cn1cc(NC(=O)c2cnc3ccccc3c2C(F)(F)F)cn1. The van der Waals surface area contributed by atoms with E-state index in [1.165, 1.54) is 35.3 Å². The van der Waals surface area contributed by atoms with E-state index in [0.29, 0.717) is 5.69 Å². The van der Waals surface area contributed by atoms with E-state index in [2.05, 4.69) is 15.4 Å². The van der Waals surface area contributed by atoms with E-state index < -0.39 is 23.2 Å². The molecule has 0 aliphatic heterocycles. The van der Waals surface area contributed by atoms with Crippen molar-refractivity contribution in [3.05, 3.63) is 54.0 Å². The van der Waals surface area contributed by atoms with Gasteiger partial charge >= 0.3 is 6.18 Å². The van der Waals surface area contributed by atoms with E-state index in [9.17, 15) is 18.0 Å². The van der Waals surface area contributed by atoms with Gasteiger partial charge in [-0.3, -0.25) is 14.5 Å². The topological polar surface area (TPSA) is 59.8 Å². The number of rotatable bonds is 2. The molecule has 3 rings (SSSR count). The first-order valence-corrected chi connectivity index (χ1v) is 6.61. The van der Waals surface area contributed by atoms with Crippen molar-refractivity contribution in [1.29, 1.82) is 0 Å². The number of halogens is 3. The number of benzene rings is 1. The van der Waals surface area contributed by atoms with Gasteiger partial charge in [0.15, 0.2) is 0 Å². The zero-order valence-electron chi connectivity index (χ0n) is 11.9. The first kappa shape index (κ1) is 15.0. The number of pyridine rings is 1. The van der Waals surface area contributed by atoms with Gasteiger partial charge in [0.2, 0.25) is 0 Å². The van der Waals surface area contributed by atoms with Crippen molar-refractivity contribution in [2.24, 2.45) is 7.05 Å². The number of nitrogens with zero attached hydrogens (tertiary/aromatic N) is 3. The zero-order chi connectivity index (χ0) is 16.6. The Balaban J connectivity index is 2.11. The van der Waals surface area contributed by atoms with Gasteiger partial charge in [-0.1, -0.05) is 18.2 Å². The lowest BCUT2D eigenvalue weighted by atomic mass is 10.0. The summed E-state index contributed by atoms with van der Waals surface area (Å²) in [6.07, 6.45) is -0.902. The number of carbonyl (C=O) groups is 1. The number of amides is 1. The van der Waals surface area contributed by atoms with Crippen LogP contribution in [0.25, 0.3) is 10.9 Å². The van der Waals surface area contributed by atoms with E-state index in [0.717, 1.165) is 6.20 Å². The van der Waals surface area contributed by atoms with Crippen molar-refractivity contribution in [2.45, 2.75) is 6.18 Å². The second-order valence-electron chi connectivity index (χ2n) is 4.92. The number of aromatic nitrogens is 3. The summed E-state index contributed by atoms with van der Waals surface area (Å²) in [6, 6.07) is 5.83. The minimum absolute atomic E-state index is 0.112. The maximum absolute atomic E-state index is 13.5. The van der Waals surface area contributed by atoms with E-state index in [4.69, 9.17) is 0 Å². The molecule has 1 amide bonds. The van der Waals surface area contributed by atoms with Gasteiger partial charge in [0.1, 0.15) is 0 Å². The first-order valence-electron chi connectivity index (χ1n) is 6.61. The zero-order valence-corrected chi connectivity index (χ0v) is 11.9. The van der Waals surface area contributed by atoms with E-state index in [-0.39, 0.29) is 10.9 Å². The average Bonchev–Trinajstić information content (AvgIpc) is 2.90. The Morgan fingerprint density at radius 1 is 1.22 bits per heavy atom. The fraction of sp³-hybridized carbons (Fsp3) is 0.133. The number of hydrogen-bond donors (Lipinski definition) is 1. The predicted molar refractivity (Wildman–Crippen MR) is 77.9 cm³/mol. The van der Waals surface area contributed by atoms with Gasteiger partial charge in [-0.2, -0.15) is 18.3 Å². The molecule has 0 aliphatic rings. The maximum atomic E-state index is 13.5. The molecule has 3 aromatic rings. The van der Waals surface area contributed by atoms with Crippen LogP contribution in [0.4, 0.5) is 18.9 Å². The highest BCUT2D eigenvalue weighted by molar-refractivity contribution is 6.07. The highest BCUT2D eigenvalue weighted by Gasteiger charge is 2.37. The summed E-state index contributed by atoms with van der Waals surface area (Å²) in [6.45, 7) is 0. The van der Waals surface area contributed by atoms with Crippen LogP contribution in [0, 0.1) is 0 Å². The Morgan fingerprint density at radius 3 is 2.61 bits per heavy atom. The van der Waals surface area contributed by atoms with Gasteiger partial charge in [0.05, 0.1) is 28.5 Å². The van der Waals surface area contributed by atoms with E-state index in [1.54, 1.807) is 13.1 Å². The molecule has 1 N–H and O–H groups in total. The monoisotopic (exact) mass is 320 g/mol. The van der Waals surface area contributed by atoms with Crippen LogP contribution in [0.3, 0.4) is 0 Å². The second-order valence-corrected chi connectivity index (χ2v) is 4.92. The van der Waals surface area contributed by atoms with E-state index in [1.807, 2.05) is 0 Å². The summed E-state index contributed by atoms with van der Waals surface area (Å²) in [5.41, 5.74) is -1.04. The molecule has 2 heterocycles.